The van der Waals surface area contributed by atoms with Gasteiger partial charge in [-0.1, -0.05) is 66.7 Å². The SMILES string of the molecule is Nc1ccc(Cc2ccccc2)c2c1nc(Cc1ccccc1)c1nc3n(c12)CCC3. The van der Waals surface area contributed by atoms with Gasteiger partial charge in [0.1, 0.15) is 11.3 Å². The third-order valence-electron chi connectivity index (χ3n) is 6.33. The predicted molar refractivity (Wildman–Crippen MR) is 126 cm³/mol. The van der Waals surface area contributed by atoms with E-state index in [1.165, 1.54) is 28.0 Å². The van der Waals surface area contributed by atoms with Crippen LogP contribution >= 0.6 is 0 Å². The van der Waals surface area contributed by atoms with Gasteiger partial charge < -0.3 is 10.3 Å². The fraction of sp³-hybridized carbons (Fsp3) is 0.185. The fourth-order valence-electron chi connectivity index (χ4n) is 4.88. The van der Waals surface area contributed by atoms with E-state index < -0.39 is 0 Å². The number of aromatic nitrogens is 3. The van der Waals surface area contributed by atoms with Crippen molar-refractivity contribution in [2.45, 2.75) is 32.2 Å². The smallest absolute Gasteiger partial charge is 0.111 e. The Morgan fingerprint density at radius 1 is 0.774 bits per heavy atom. The van der Waals surface area contributed by atoms with E-state index in [0.29, 0.717) is 0 Å². The molecule has 0 amide bonds. The first-order chi connectivity index (χ1) is 15.3. The van der Waals surface area contributed by atoms with E-state index in [-0.39, 0.29) is 0 Å². The molecule has 0 fully saturated rings. The second-order valence-electron chi connectivity index (χ2n) is 8.40. The Morgan fingerprint density at radius 2 is 1.48 bits per heavy atom. The number of aryl methyl sites for hydroxylation is 2. The number of hydrogen-bond acceptors (Lipinski definition) is 3. The lowest BCUT2D eigenvalue weighted by molar-refractivity contribution is 0.772. The van der Waals surface area contributed by atoms with Crippen molar-refractivity contribution in [1.29, 1.82) is 0 Å². The zero-order valence-corrected chi connectivity index (χ0v) is 17.4. The summed E-state index contributed by atoms with van der Waals surface area (Å²) < 4.78 is 2.40. The van der Waals surface area contributed by atoms with Gasteiger partial charge >= 0.3 is 0 Å². The van der Waals surface area contributed by atoms with E-state index in [1.807, 2.05) is 12.1 Å². The molecule has 31 heavy (non-hydrogen) atoms. The molecular weight excluding hydrogens is 380 g/mol. The van der Waals surface area contributed by atoms with E-state index >= 15 is 0 Å². The monoisotopic (exact) mass is 404 g/mol. The van der Waals surface area contributed by atoms with E-state index in [1.54, 1.807) is 0 Å². The summed E-state index contributed by atoms with van der Waals surface area (Å²) in [7, 11) is 0. The number of benzene rings is 3. The normalized spacial score (nSPS) is 13.2. The van der Waals surface area contributed by atoms with Crippen LogP contribution in [0.15, 0.2) is 72.8 Å². The van der Waals surface area contributed by atoms with Gasteiger partial charge in [0.15, 0.2) is 0 Å². The van der Waals surface area contributed by atoms with Crippen molar-refractivity contribution in [2.75, 3.05) is 5.73 Å². The van der Waals surface area contributed by atoms with Crippen LogP contribution < -0.4 is 5.73 Å². The zero-order chi connectivity index (χ0) is 20.8. The molecule has 1 aliphatic heterocycles. The molecule has 0 radical (unpaired) electrons. The topological polar surface area (TPSA) is 56.7 Å². The first kappa shape index (κ1) is 18.1. The minimum atomic E-state index is 0.733. The third kappa shape index (κ3) is 3.07. The van der Waals surface area contributed by atoms with E-state index in [4.69, 9.17) is 15.7 Å². The number of nitrogen functional groups attached to an aromatic ring is 1. The average molecular weight is 405 g/mol. The van der Waals surface area contributed by atoms with Crippen molar-refractivity contribution in [3.05, 3.63) is 101 Å². The first-order valence-corrected chi connectivity index (χ1v) is 10.9. The van der Waals surface area contributed by atoms with Crippen LogP contribution in [0.3, 0.4) is 0 Å². The molecule has 0 bridgehead atoms. The van der Waals surface area contributed by atoms with Crippen LogP contribution in [0.25, 0.3) is 21.9 Å². The summed E-state index contributed by atoms with van der Waals surface area (Å²) in [6.45, 7) is 1.01. The Kier molecular flexibility index (Phi) is 4.23. The van der Waals surface area contributed by atoms with Gasteiger partial charge in [-0.25, -0.2) is 9.97 Å². The Balaban J connectivity index is 1.63. The summed E-state index contributed by atoms with van der Waals surface area (Å²) >= 11 is 0. The molecule has 152 valence electrons. The van der Waals surface area contributed by atoms with Crippen LogP contribution in [0.4, 0.5) is 5.69 Å². The number of nitrogens with zero attached hydrogens (tertiary/aromatic N) is 3. The molecule has 1 aliphatic rings. The largest absolute Gasteiger partial charge is 0.397 e. The van der Waals surface area contributed by atoms with E-state index in [9.17, 15) is 0 Å². The first-order valence-electron chi connectivity index (χ1n) is 10.9. The van der Waals surface area contributed by atoms with Crippen LogP contribution in [-0.2, 0) is 25.8 Å². The molecule has 0 saturated carbocycles. The van der Waals surface area contributed by atoms with Crippen molar-refractivity contribution in [2.24, 2.45) is 0 Å². The van der Waals surface area contributed by atoms with Crippen LogP contribution in [0.5, 0.6) is 0 Å². The highest BCUT2D eigenvalue weighted by atomic mass is 15.1. The quantitative estimate of drug-likeness (QED) is 0.414. The minimum absolute atomic E-state index is 0.733. The van der Waals surface area contributed by atoms with Gasteiger partial charge in [-0.2, -0.15) is 0 Å². The molecule has 6 rings (SSSR count). The maximum atomic E-state index is 6.49. The van der Waals surface area contributed by atoms with Gasteiger partial charge in [0, 0.05) is 24.8 Å². The van der Waals surface area contributed by atoms with Gasteiger partial charge in [0.2, 0.25) is 0 Å². The Hall–Kier alpha value is -3.66. The van der Waals surface area contributed by atoms with Gasteiger partial charge in [0.05, 0.1) is 22.4 Å². The maximum absolute atomic E-state index is 6.49. The highest BCUT2D eigenvalue weighted by Gasteiger charge is 2.23. The Labute approximate surface area is 181 Å². The molecule has 0 spiro atoms. The standard InChI is InChI=1S/C27H24N4/c28-21-14-13-20(16-18-8-3-1-4-9-18)24-25(21)29-22(17-19-10-5-2-6-11-19)26-27(24)31-15-7-12-23(31)30-26/h1-6,8-11,13-14H,7,12,15-17,28H2. The number of nitrogens with two attached hydrogens (primary N) is 1. The predicted octanol–water partition coefficient (Wildman–Crippen LogP) is 5.29. The maximum Gasteiger partial charge on any atom is 0.111 e. The molecule has 3 heterocycles. The van der Waals surface area contributed by atoms with Gasteiger partial charge in [-0.05, 0) is 35.6 Å². The molecule has 4 nitrogen and oxygen atoms in total. The minimum Gasteiger partial charge on any atom is -0.397 e. The number of anilines is 1. The molecule has 0 saturated heterocycles. The number of rotatable bonds is 4. The number of fused-ring (bicyclic) bond motifs is 5. The molecule has 0 aliphatic carbocycles. The van der Waals surface area contributed by atoms with Crippen LogP contribution in [0, 0.1) is 0 Å². The Bertz CT molecular complexity index is 1400. The molecule has 3 aromatic carbocycles. The van der Waals surface area contributed by atoms with Crippen molar-refractivity contribution in [3.8, 4) is 0 Å². The van der Waals surface area contributed by atoms with E-state index in [0.717, 1.165) is 60.0 Å². The number of pyridine rings is 1. The lowest BCUT2D eigenvalue weighted by atomic mass is 9.97. The van der Waals surface area contributed by atoms with Crippen LogP contribution in [0.2, 0.25) is 0 Å². The number of imidazole rings is 1. The van der Waals surface area contributed by atoms with Crippen molar-refractivity contribution < 1.29 is 0 Å². The second-order valence-corrected chi connectivity index (χ2v) is 8.40. The molecule has 5 aromatic rings. The summed E-state index contributed by atoms with van der Waals surface area (Å²) in [4.78, 5) is 10.2. The van der Waals surface area contributed by atoms with Crippen LogP contribution in [0.1, 0.15) is 34.6 Å². The highest BCUT2D eigenvalue weighted by molar-refractivity contribution is 6.09. The molecular formula is C27H24N4. The average Bonchev–Trinajstić information content (AvgIpc) is 3.39. The zero-order valence-electron chi connectivity index (χ0n) is 17.4. The third-order valence-corrected chi connectivity index (χ3v) is 6.33. The van der Waals surface area contributed by atoms with E-state index in [2.05, 4.69) is 65.2 Å². The summed E-state index contributed by atoms with van der Waals surface area (Å²) in [6.07, 6.45) is 3.78. The van der Waals surface area contributed by atoms with Crippen molar-refractivity contribution >= 4 is 27.6 Å². The summed E-state index contributed by atoms with van der Waals surface area (Å²) in [5.74, 6) is 1.17. The van der Waals surface area contributed by atoms with Gasteiger partial charge in [-0.3, -0.25) is 0 Å². The van der Waals surface area contributed by atoms with Crippen molar-refractivity contribution in [3.63, 3.8) is 0 Å². The molecule has 2 N–H and O–H groups in total. The highest BCUT2D eigenvalue weighted by Crippen LogP contribution is 2.36. The number of hydrogen-bond donors (Lipinski definition) is 1. The Morgan fingerprint density at radius 3 is 2.23 bits per heavy atom. The molecule has 2 aromatic heterocycles. The fourth-order valence-corrected chi connectivity index (χ4v) is 4.88. The molecule has 0 atom stereocenters. The summed E-state index contributed by atoms with van der Waals surface area (Å²) in [5, 5.41) is 1.16. The summed E-state index contributed by atoms with van der Waals surface area (Å²) in [6, 6.07) is 25.3. The van der Waals surface area contributed by atoms with Gasteiger partial charge in [0.25, 0.3) is 0 Å². The molecule has 0 unspecified atom stereocenters. The summed E-state index contributed by atoms with van der Waals surface area (Å²) in [5.41, 5.74) is 15.2. The second kappa shape index (κ2) is 7.24. The lowest BCUT2D eigenvalue weighted by Crippen LogP contribution is -2.03. The lowest BCUT2D eigenvalue weighted by Gasteiger charge is -2.14. The molecule has 4 heteroatoms. The van der Waals surface area contributed by atoms with Crippen molar-refractivity contribution in [1.82, 2.24) is 14.5 Å². The van der Waals surface area contributed by atoms with Gasteiger partial charge in [-0.15, -0.1) is 0 Å². The van der Waals surface area contributed by atoms with Crippen LogP contribution in [-0.4, -0.2) is 14.5 Å².